The molecule has 140 valence electrons. The van der Waals surface area contributed by atoms with Gasteiger partial charge in [-0.25, -0.2) is 4.98 Å². The van der Waals surface area contributed by atoms with E-state index >= 15 is 0 Å². The van der Waals surface area contributed by atoms with Gasteiger partial charge in [0.05, 0.1) is 0 Å². The Morgan fingerprint density at radius 2 is 1.81 bits per heavy atom. The van der Waals surface area contributed by atoms with Gasteiger partial charge < -0.3 is 9.47 Å². The first-order valence-corrected chi connectivity index (χ1v) is 10.7. The molecule has 3 heterocycles. The zero-order valence-corrected chi connectivity index (χ0v) is 16.4. The lowest BCUT2D eigenvalue weighted by molar-refractivity contribution is 0.210. The molecule has 2 aromatic rings. The van der Waals surface area contributed by atoms with Gasteiger partial charge in [0, 0.05) is 29.9 Å². The number of hydrogen-bond donors (Lipinski definition) is 0. The van der Waals surface area contributed by atoms with Crippen molar-refractivity contribution in [3.05, 3.63) is 52.6 Å². The number of imidazole rings is 1. The van der Waals surface area contributed by atoms with E-state index in [2.05, 4.69) is 32.8 Å². The molecule has 2 aliphatic rings. The summed E-state index contributed by atoms with van der Waals surface area (Å²) in [6.45, 7) is 4.83. The summed E-state index contributed by atoms with van der Waals surface area (Å²) in [5.74, 6) is 2.02. The molecule has 0 amide bonds. The molecule has 3 nitrogen and oxygen atoms in total. The minimum absolute atomic E-state index is 0.703. The second kappa shape index (κ2) is 8.58. The van der Waals surface area contributed by atoms with Crippen LogP contribution in [0.2, 0.25) is 5.02 Å². The second-order valence-corrected chi connectivity index (χ2v) is 8.34. The quantitative estimate of drug-likeness (QED) is 0.731. The van der Waals surface area contributed by atoms with Crippen LogP contribution in [0, 0.1) is 0 Å². The van der Waals surface area contributed by atoms with Gasteiger partial charge in [-0.1, -0.05) is 30.2 Å². The number of likely N-dealkylation sites (tertiary alicyclic amines) is 1. The van der Waals surface area contributed by atoms with Crippen LogP contribution < -0.4 is 0 Å². The van der Waals surface area contributed by atoms with E-state index < -0.39 is 0 Å². The van der Waals surface area contributed by atoms with Gasteiger partial charge in [0.15, 0.2) is 0 Å². The topological polar surface area (TPSA) is 21.1 Å². The molecule has 0 aliphatic carbocycles. The highest BCUT2D eigenvalue weighted by Gasteiger charge is 2.20. The van der Waals surface area contributed by atoms with Gasteiger partial charge in [0.25, 0.3) is 0 Å². The Morgan fingerprint density at radius 3 is 2.62 bits per heavy atom. The van der Waals surface area contributed by atoms with E-state index in [4.69, 9.17) is 11.6 Å². The predicted octanol–water partition coefficient (Wildman–Crippen LogP) is 5.08. The summed E-state index contributed by atoms with van der Waals surface area (Å²) in [6, 6.07) is 8.46. The minimum Gasteiger partial charge on any atom is -0.332 e. The standard InChI is InChI=1S/C22H30ClN3/c23-20-9-7-18(8-10-20)19-11-15-25(16-12-19)13-4-5-21-17-24-22-6-2-1-3-14-26(21)22/h7-10,17,19H,1-6,11-16H2. The maximum Gasteiger partial charge on any atom is 0.108 e. The number of benzene rings is 1. The van der Waals surface area contributed by atoms with Gasteiger partial charge in [-0.15, -0.1) is 0 Å². The van der Waals surface area contributed by atoms with Crippen LogP contribution in [-0.2, 0) is 19.4 Å². The molecule has 4 rings (SSSR count). The highest BCUT2D eigenvalue weighted by molar-refractivity contribution is 6.30. The van der Waals surface area contributed by atoms with Crippen LogP contribution in [0.3, 0.4) is 0 Å². The molecular weight excluding hydrogens is 342 g/mol. The van der Waals surface area contributed by atoms with Crippen molar-refractivity contribution in [2.24, 2.45) is 0 Å². The molecule has 2 aliphatic heterocycles. The summed E-state index contributed by atoms with van der Waals surface area (Å²) in [7, 11) is 0. The van der Waals surface area contributed by atoms with E-state index in [9.17, 15) is 0 Å². The second-order valence-electron chi connectivity index (χ2n) is 7.90. The molecule has 0 N–H and O–H groups in total. The van der Waals surface area contributed by atoms with Gasteiger partial charge in [-0.2, -0.15) is 0 Å². The van der Waals surface area contributed by atoms with E-state index in [1.165, 1.54) is 88.2 Å². The van der Waals surface area contributed by atoms with Gasteiger partial charge in [0.1, 0.15) is 5.82 Å². The molecule has 1 aromatic heterocycles. The zero-order chi connectivity index (χ0) is 17.8. The van der Waals surface area contributed by atoms with Crippen molar-refractivity contribution in [1.82, 2.24) is 14.5 Å². The molecule has 0 saturated carbocycles. The van der Waals surface area contributed by atoms with Gasteiger partial charge in [0.2, 0.25) is 0 Å². The third-order valence-corrected chi connectivity index (χ3v) is 6.39. The number of piperidine rings is 1. The normalized spacial score (nSPS) is 19.3. The molecule has 26 heavy (non-hydrogen) atoms. The molecule has 0 spiro atoms. The molecular formula is C22H30ClN3. The number of fused-ring (bicyclic) bond motifs is 1. The third kappa shape index (κ3) is 4.32. The van der Waals surface area contributed by atoms with Crippen LogP contribution in [0.5, 0.6) is 0 Å². The van der Waals surface area contributed by atoms with E-state index in [1.54, 1.807) is 0 Å². The first-order valence-electron chi connectivity index (χ1n) is 10.3. The van der Waals surface area contributed by atoms with E-state index in [0.29, 0.717) is 5.92 Å². The Hall–Kier alpha value is -1.32. The molecule has 4 heteroatoms. The summed E-state index contributed by atoms with van der Waals surface area (Å²) in [4.78, 5) is 7.32. The lowest BCUT2D eigenvalue weighted by atomic mass is 9.89. The molecule has 1 fully saturated rings. The lowest BCUT2D eigenvalue weighted by Crippen LogP contribution is -2.33. The van der Waals surface area contributed by atoms with Crippen molar-refractivity contribution in [1.29, 1.82) is 0 Å². The number of halogens is 1. The number of hydrogen-bond acceptors (Lipinski definition) is 2. The van der Waals surface area contributed by atoms with E-state index in [-0.39, 0.29) is 0 Å². The Labute approximate surface area is 162 Å². The Morgan fingerprint density at radius 1 is 1.00 bits per heavy atom. The fourth-order valence-electron chi connectivity index (χ4n) is 4.56. The number of aryl methyl sites for hydroxylation is 2. The number of nitrogens with zero attached hydrogens (tertiary/aromatic N) is 3. The van der Waals surface area contributed by atoms with Crippen LogP contribution in [0.25, 0.3) is 0 Å². The van der Waals surface area contributed by atoms with Gasteiger partial charge in [-0.3, -0.25) is 0 Å². The fourth-order valence-corrected chi connectivity index (χ4v) is 4.69. The van der Waals surface area contributed by atoms with Crippen LogP contribution >= 0.6 is 11.6 Å². The molecule has 0 unspecified atom stereocenters. The molecule has 1 aromatic carbocycles. The van der Waals surface area contributed by atoms with Crippen LogP contribution in [0.15, 0.2) is 30.5 Å². The van der Waals surface area contributed by atoms with Crippen molar-refractivity contribution < 1.29 is 0 Å². The largest absolute Gasteiger partial charge is 0.332 e. The van der Waals surface area contributed by atoms with Crippen molar-refractivity contribution >= 4 is 11.6 Å². The van der Waals surface area contributed by atoms with Crippen molar-refractivity contribution in [2.45, 2.75) is 63.8 Å². The SMILES string of the molecule is Clc1ccc(C2CCN(CCCc3cnc4n3CCCCC4)CC2)cc1. The van der Waals surface area contributed by atoms with Crippen LogP contribution in [0.1, 0.15) is 61.5 Å². The van der Waals surface area contributed by atoms with Crippen molar-refractivity contribution in [2.75, 3.05) is 19.6 Å². The number of rotatable bonds is 5. The Balaban J connectivity index is 1.23. The first-order chi connectivity index (χ1) is 12.8. The maximum absolute atomic E-state index is 6.01. The zero-order valence-electron chi connectivity index (χ0n) is 15.7. The molecule has 0 bridgehead atoms. The van der Waals surface area contributed by atoms with E-state index in [1.807, 2.05) is 12.1 Å². The summed E-state index contributed by atoms with van der Waals surface area (Å²) >= 11 is 6.01. The average molecular weight is 372 g/mol. The van der Waals surface area contributed by atoms with Gasteiger partial charge in [-0.05, 0) is 81.8 Å². The predicted molar refractivity (Wildman–Crippen MR) is 108 cm³/mol. The van der Waals surface area contributed by atoms with Crippen molar-refractivity contribution in [3.63, 3.8) is 0 Å². The Bertz CT molecular complexity index is 699. The van der Waals surface area contributed by atoms with Crippen LogP contribution in [0.4, 0.5) is 0 Å². The third-order valence-electron chi connectivity index (χ3n) is 6.14. The first kappa shape index (κ1) is 18.1. The number of aromatic nitrogens is 2. The Kier molecular flexibility index (Phi) is 5.96. The molecule has 0 radical (unpaired) electrons. The molecule has 1 saturated heterocycles. The average Bonchev–Trinajstić information content (AvgIpc) is 2.89. The fraction of sp³-hybridized carbons (Fsp3) is 0.591. The monoisotopic (exact) mass is 371 g/mol. The molecule has 0 atom stereocenters. The maximum atomic E-state index is 6.01. The van der Waals surface area contributed by atoms with Crippen molar-refractivity contribution in [3.8, 4) is 0 Å². The lowest BCUT2D eigenvalue weighted by Gasteiger charge is -2.32. The van der Waals surface area contributed by atoms with E-state index in [0.717, 1.165) is 11.4 Å². The minimum atomic E-state index is 0.703. The highest BCUT2D eigenvalue weighted by Crippen LogP contribution is 2.29. The summed E-state index contributed by atoms with van der Waals surface area (Å²) in [6.07, 6.45) is 12.2. The summed E-state index contributed by atoms with van der Waals surface area (Å²) in [5, 5.41) is 0.837. The van der Waals surface area contributed by atoms with Gasteiger partial charge >= 0.3 is 0 Å². The summed E-state index contributed by atoms with van der Waals surface area (Å²) in [5.41, 5.74) is 2.91. The highest BCUT2D eigenvalue weighted by atomic mass is 35.5. The smallest absolute Gasteiger partial charge is 0.108 e. The summed E-state index contributed by atoms with van der Waals surface area (Å²) < 4.78 is 2.50. The van der Waals surface area contributed by atoms with Crippen LogP contribution in [-0.4, -0.2) is 34.1 Å².